The van der Waals surface area contributed by atoms with E-state index in [4.69, 9.17) is 69.6 Å². The van der Waals surface area contributed by atoms with E-state index in [9.17, 15) is 9.59 Å². The Morgan fingerprint density at radius 1 is 0.800 bits per heavy atom. The molecule has 0 aromatic rings. The van der Waals surface area contributed by atoms with Crippen LogP contribution in [0.3, 0.4) is 0 Å². The van der Waals surface area contributed by atoms with Crippen LogP contribution in [0.4, 0.5) is 0 Å². The zero-order valence-corrected chi connectivity index (χ0v) is 10.7. The maximum atomic E-state index is 10.7. The minimum absolute atomic E-state index is 0. The van der Waals surface area contributed by atoms with E-state index in [-0.39, 0.29) is 43.9 Å². The Kier molecular flexibility index (Phi) is 12.3. The van der Waals surface area contributed by atoms with E-state index in [0.29, 0.717) is 0 Å². The molecule has 3 N–H and O–H groups in total. The molecule has 0 aromatic heterocycles. The molecule has 0 saturated heterocycles. The van der Waals surface area contributed by atoms with Crippen LogP contribution >= 0.6 is 69.6 Å². The van der Waals surface area contributed by atoms with Gasteiger partial charge in [0.25, 0.3) is 7.59 Å². The summed E-state index contributed by atoms with van der Waals surface area (Å²) in [7, 11) is 0. The minimum atomic E-state index is -2.38. The molecule has 0 fully saturated rings. The Morgan fingerprint density at radius 3 is 1.13 bits per heavy atom. The van der Waals surface area contributed by atoms with Crippen LogP contribution in [0.25, 0.3) is 0 Å². The van der Waals surface area contributed by atoms with Gasteiger partial charge in [-0.15, -0.1) is 0 Å². The monoisotopic (exact) mass is 365 g/mol. The van der Waals surface area contributed by atoms with Crippen molar-refractivity contribution in [3.63, 3.8) is 0 Å². The predicted molar refractivity (Wildman–Crippen MR) is 65.2 cm³/mol. The van der Waals surface area contributed by atoms with Crippen LogP contribution in [-0.4, -0.2) is 57.3 Å². The van der Waals surface area contributed by atoms with Gasteiger partial charge in [0, 0.05) is 0 Å². The summed E-state index contributed by atoms with van der Waals surface area (Å²) in [4.78, 5) is 21.4. The second kappa shape index (κ2) is 8.25. The Balaban J connectivity index is -0.000000720. The van der Waals surface area contributed by atoms with E-state index in [1.54, 1.807) is 0 Å². The fourth-order valence-electron chi connectivity index (χ4n) is 0.200. The quantitative estimate of drug-likeness (QED) is 0.307. The molecule has 0 aliphatic carbocycles. The number of hydrogen-bond acceptors (Lipinski definition) is 4. The van der Waals surface area contributed by atoms with Crippen LogP contribution in [0.1, 0.15) is 0 Å². The number of alkyl halides is 6. The number of ether oxygens (including phenoxy) is 1. The maximum absolute atomic E-state index is 10.7. The summed E-state index contributed by atoms with van der Waals surface area (Å²) < 4.78 is -0.857. The van der Waals surface area contributed by atoms with Gasteiger partial charge in [0.2, 0.25) is 0 Å². The van der Waals surface area contributed by atoms with E-state index in [1.165, 1.54) is 0 Å². The van der Waals surface area contributed by atoms with Gasteiger partial charge in [-0.2, -0.15) is 0 Å². The molecule has 11 heteroatoms. The Morgan fingerprint density at radius 2 is 1.00 bits per heavy atom. The second-order valence-corrected chi connectivity index (χ2v) is 6.23. The van der Waals surface area contributed by atoms with Crippen LogP contribution in [0.15, 0.2) is 0 Å². The van der Waals surface area contributed by atoms with E-state index in [0.717, 1.165) is 0 Å². The van der Waals surface area contributed by atoms with Gasteiger partial charge in [-0.1, -0.05) is 69.6 Å². The third kappa shape index (κ3) is 9.77. The average molecular weight is 368 g/mol. The van der Waals surface area contributed by atoms with Crippen molar-refractivity contribution in [3.8, 4) is 0 Å². The van der Waals surface area contributed by atoms with Crippen LogP contribution in [0.2, 0.25) is 0 Å². The fraction of sp³-hybridized carbons (Fsp3) is 0.500. The van der Waals surface area contributed by atoms with Crippen molar-refractivity contribution in [3.05, 3.63) is 0 Å². The molecule has 0 radical (unpaired) electrons. The molecule has 0 spiro atoms. The second-order valence-electron chi connectivity index (χ2n) is 1.67. The van der Waals surface area contributed by atoms with E-state index in [1.807, 2.05) is 0 Å². The standard InChI is InChI=1S/C4Cl6O3.Ca.H3N.2H/c5-3(6,7)1(11)13-2(12)4(8,9)10;;;;/h;;1H3;;. The number of rotatable bonds is 0. The topological polar surface area (TPSA) is 78.4 Å². The molecule has 15 heavy (non-hydrogen) atoms. The van der Waals surface area contributed by atoms with E-state index < -0.39 is 19.5 Å². The molecule has 0 rings (SSSR count). The molecule has 0 bridgehead atoms. The first-order chi connectivity index (χ1) is 5.55. The number of esters is 2. The number of halogens is 6. The van der Waals surface area contributed by atoms with Crippen molar-refractivity contribution in [2.45, 2.75) is 7.59 Å². The molecule has 0 heterocycles. The van der Waals surface area contributed by atoms with Crippen LogP contribution in [0.5, 0.6) is 0 Å². The van der Waals surface area contributed by atoms with Crippen LogP contribution < -0.4 is 6.15 Å². The van der Waals surface area contributed by atoms with Gasteiger partial charge in [-0.25, -0.2) is 9.59 Å². The first-order valence-electron chi connectivity index (χ1n) is 2.45. The van der Waals surface area contributed by atoms with Gasteiger partial charge in [0.15, 0.2) is 0 Å². The van der Waals surface area contributed by atoms with Gasteiger partial charge < -0.3 is 10.9 Å². The zero-order valence-electron chi connectivity index (χ0n) is 6.20. The third-order valence-electron chi connectivity index (χ3n) is 0.648. The van der Waals surface area contributed by atoms with Crippen molar-refractivity contribution in [2.75, 3.05) is 0 Å². The number of carbonyl (C=O) groups excluding carboxylic acids is 2. The summed E-state index contributed by atoms with van der Waals surface area (Å²) in [6.07, 6.45) is 0. The SMILES string of the molecule is N.O=C(OC(=O)C(Cl)(Cl)Cl)C(Cl)(Cl)Cl.[CaH2]. The molecule has 4 nitrogen and oxygen atoms in total. The summed E-state index contributed by atoms with van der Waals surface area (Å²) in [5.74, 6) is -2.87. The summed E-state index contributed by atoms with van der Waals surface area (Å²) in [5, 5.41) is 0. The van der Waals surface area contributed by atoms with Crippen molar-refractivity contribution in [1.82, 2.24) is 6.15 Å². The average Bonchev–Trinajstić information content (AvgIpc) is 1.82. The third-order valence-corrected chi connectivity index (χ3v) is 1.57. The molecule has 0 unspecified atom stereocenters. The van der Waals surface area contributed by atoms with E-state index in [2.05, 4.69) is 4.74 Å². The predicted octanol–water partition coefficient (Wildman–Crippen LogP) is 2.04. The fourth-order valence-corrected chi connectivity index (χ4v) is 0.431. The summed E-state index contributed by atoms with van der Waals surface area (Å²) in [5.41, 5.74) is 0. The molecule has 88 valence electrons. The first kappa shape index (κ1) is 22.3. The molecule has 0 aliphatic heterocycles. The molecule has 0 amide bonds. The normalized spacial score (nSPS) is 10.8. The van der Waals surface area contributed by atoms with Crippen molar-refractivity contribution < 1.29 is 14.3 Å². The van der Waals surface area contributed by atoms with Gasteiger partial charge in [-0.3, -0.25) is 0 Å². The Hall–Kier alpha value is 2.10. The molecule has 0 aliphatic rings. The molecular formula is C4H5CaCl6NO3. The van der Waals surface area contributed by atoms with Gasteiger partial charge in [0.1, 0.15) is 0 Å². The van der Waals surface area contributed by atoms with Gasteiger partial charge >= 0.3 is 49.7 Å². The van der Waals surface area contributed by atoms with Crippen LogP contribution in [-0.2, 0) is 14.3 Å². The van der Waals surface area contributed by atoms with Crippen molar-refractivity contribution >= 4 is 119 Å². The summed E-state index contributed by atoms with van der Waals surface area (Å²) >= 11 is 30.3. The van der Waals surface area contributed by atoms with Gasteiger partial charge in [0.05, 0.1) is 0 Å². The molecule has 0 saturated carbocycles. The molecule has 0 aromatic carbocycles. The summed E-state index contributed by atoms with van der Waals surface area (Å²) in [6.45, 7) is 0. The van der Waals surface area contributed by atoms with Crippen molar-refractivity contribution in [2.24, 2.45) is 0 Å². The molecule has 0 atom stereocenters. The van der Waals surface area contributed by atoms with Gasteiger partial charge in [-0.05, 0) is 0 Å². The zero-order chi connectivity index (χ0) is 10.9. The Bertz CT molecular complexity index is 212. The van der Waals surface area contributed by atoms with Crippen molar-refractivity contribution in [1.29, 1.82) is 0 Å². The Labute approximate surface area is 145 Å². The van der Waals surface area contributed by atoms with E-state index >= 15 is 0 Å². The number of carbonyl (C=O) groups is 2. The summed E-state index contributed by atoms with van der Waals surface area (Å²) in [6, 6.07) is 0. The molecular weight excluding hydrogens is 363 g/mol. The first-order valence-corrected chi connectivity index (χ1v) is 4.72. The van der Waals surface area contributed by atoms with Crippen LogP contribution in [0, 0.1) is 0 Å². The number of hydrogen-bond donors (Lipinski definition) is 1.